The number of aromatic nitrogens is 3. The molecule has 0 spiro atoms. The van der Waals surface area contributed by atoms with E-state index in [-0.39, 0.29) is 24.1 Å². The first-order valence-corrected chi connectivity index (χ1v) is 7.61. The van der Waals surface area contributed by atoms with Crippen LogP contribution in [-0.2, 0) is 7.05 Å². The Morgan fingerprint density at radius 3 is 2.82 bits per heavy atom. The van der Waals surface area contributed by atoms with Crippen molar-refractivity contribution in [2.45, 2.75) is 18.8 Å². The normalized spacial score (nSPS) is 15.4. The topological polar surface area (TPSA) is 85.0 Å². The number of hydrogen-bond donors (Lipinski definition) is 2. The molecule has 1 saturated heterocycles. The standard InChI is InChI=1S/C13H16BrN5O2.ClH/c1-19-13(17-12(20)9-2-3-10(14)21-9)16-11(18-19)8-4-6-15-7-5-8;/h2-3,8,15H,4-7H2,1H3,(H,16,17,18,20);1H. The van der Waals surface area contributed by atoms with E-state index in [1.54, 1.807) is 23.9 Å². The number of furan rings is 1. The molecule has 0 saturated carbocycles. The Balaban J connectivity index is 0.00000176. The fourth-order valence-corrected chi connectivity index (χ4v) is 2.67. The molecule has 1 fully saturated rings. The highest BCUT2D eigenvalue weighted by atomic mass is 79.9. The monoisotopic (exact) mass is 389 g/mol. The van der Waals surface area contributed by atoms with Gasteiger partial charge in [-0.2, -0.15) is 10.1 Å². The van der Waals surface area contributed by atoms with Crippen molar-refractivity contribution >= 4 is 40.2 Å². The summed E-state index contributed by atoms with van der Waals surface area (Å²) in [4.78, 5) is 16.5. The zero-order chi connectivity index (χ0) is 14.8. The van der Waals surface area contributed by atoms with Crippen LogP contribution < -0.4 is 10.6 Å². The van der Waals surface area contributed by atoms with Crippen LogP contribution in [-0.4, -0.2) is 33.8 Å². The second kappa shape index (κ2) is 7.26. The van der Waals surface area contributed by atoms with Gasteiger partial charge >= 0.3 is 0 Å². The lowest BCUT2D eigenvalue weighted by molar-refractivity contribution is 0.0994. The molecule has 7 nitrogen and oxygen atoms in total. The highest BCUT2D eigenvalue weighted by molar-refractivity contribution is 9.10. The zero-order valence-electron chi connectivity index (χ0n) is 12.0. The summed E-state index contributed by atoms with van der Waals surface area (Å²) in [5.41, 5.74) is 0. The summed E-state index contributed by atoms with van der Waals surface area (Å²) < 4.78 is 7.32. The van der Waals surface area contributed by atoms with E-state index in [2.05, 4.69) is 36.6 Å². The van der Waals surface area contributed by atoms with Crippen LogP contribution >= 0.6 is 28.3 Å². The molecule has 0 bridgehead atoms. The van der Waals surface area contributed by atoms with Crippen LogP contribution in [0.5, 0.6) is 0 Å². The number of nitrogens with one attached hydrogen (secondary N) is 2. The average Bonchev–Trinajstić information content (AvgIpc) is 3.07. The Hall–Kier alpha value is -1.38. The number of hydrogen-bond acceptors (Lipinski definition) is 5. The summed E-state index contributed by atoms with van der Waals surface area (Å²) in [6, 6.07) is 3.27. The molecule has 0 aliphatic carbocycles. The quantitative estimate of drug-likeness (QED) is 0.840. The van der Waals surface area contributed by atoms with Gasteiger partial charge in [0.05, 0.1) is 0 Å². The van der Waals surface area contributed by atoms with Crippen molar-refractivity contribution in [3.05, 3.63) is 28.4 Å². The molecule has 22 heavy (non-hydrogen) atoms. The Kier molecular flexibility index (Phi) is 5.60. The fourth-order valence-electron chi connectivity index (χ4n) is 2.37. The SMILES string of the molecule is Cl.Cn1nc(C2CCNCC2)nc1NC(=O)c1ccc(Br)o1. The molecule has 1 aliphatic rings. The number of anilines is 1. The molecule has 2 N–H and O–H groups in total. The molecule has 1 aliphatic heterocycles. The van der Waals surface area contributed by atoms with Gasteiger partial charge in [0, 0.05) is 13.0 Å². The van der Waals surface area contributed by atoms with Crippen LogP contribution in [0.2, 0.25) is 0 Å². The lowest BCUT2D eigenvalue weighted by Gasteiger charge is -2.19. The van der Waals surface area contributed by atoms with Crippen LogP contribution in [0, 0.1) is 0 Å². The average molecular weight is 391 g/mol. The number of aryl methyl sites for hydroxylation is 1. The largest absolute Gasteiger partial charge is 0.444 e. The molecular formula is C13H17BrClN5O2. The molecule has 120 valence electrons. The molecule has 0 radical (unpaired) electrons. The first-order chi connectivity index (χ1) is 10.1. The molecular weight excluding hydrogens is 374 g/mol. The van der Waals surface area contributed by atoms with Crippen LogP contribution in [0.25, 0.3) is 0 Å². The van der Waals surface area contributed by atoms with E-state index in [4.69, 9.17) is 4.42 Å². The summed E-state index contributed by atoms with van der Waals surface area (Å²) >= 11 is 3.17. The predicted octanol–water partition coefficient (Wildman–Crippen LogP) is 2.31. The third kappa shape index (κ3) is 3.68. The predicted molar refractivity (Wildman–Crippen MR) is 87.5 cm³/mol. The van der Waals surface area contributed by atoms with Gasteiger partial charge in [0.2, 0.25) is 5.95 Å². The summed E-state index contributed by atoms with van der Waals surface area (Å²) in [7, 11) is 1.77. The van der Waals surface area contributed by atoms with E-state index in [1.165, 1.54) is 0 Å². The highest BCUT2D eigenvalue weighted by Gasteiger charge is 2.22. The molecule has 0 atom stereocenters. The van der Waals surface area contributed by atoms with Gasteiger partial charge < -0.3 is 9.73 Å². The van der Waals surface area contributed by atoms with Gasteiger partial charge in [-0.1, -0.05) is 0 Å². The fraction of sp³-hybridized carbons (Fsp3) is 0.462. The van der Waals surface area contributed by atoms with Gasteiger partial charge in [0.15, 0.2) is 16.3 Å². The van der Waals surface area contributed by atoms with Crippen LogP contribution in [0.3, 0.4) is 0 Å². The van der Waals surface area contributed by atoms with Crippen molar-refractivity contribution < 1.29 is 9.21 Å². The molecule has 0 unspecified atom stereocenters. The first-order valence-electron chi connectivity index (χ1n) is 6.82. The molecule has 1 amide bonds. The minimum absolute atomic E-state index is 0. The minimum atomic E-state index is -0.340. The minimum Gasteiger partial charge on any atom is -0.444 e. The van der Waals surface area contributed by atoms with Gasteiger partial charge in [-0.05, 0) is 54.0 Å². The first kappa shape index (κ1) is 17.0. The van der Waals surface area contributed by atoms with Gasteiger partial charge in [-0.15, -0.1) is 12.4 Å². The van der Waals surface area contributed by atoms with Gasteiger partial charge in [-0.3, -0.25) is 10.1 Å². The van der Waals surface area contributed by atoms with E-state index in [0.717, 1.165) is 31.8 Å². The second-order valence-corrected chi connectivity index (χ2v) is 5.78. The third-order valence-corrected chi connectivity index (χ3v) is 3.93. The van der Waals surface area contributed by atoms with E-state index < -0.39 is 0 Å². The Labute approximate surface area is 142 Å². The van der Waals surface area contributed by atoms with Crippen molar-refractivity contribution in [3.63, 3.8) is 0 Å². The van der Waals surface area contributed by atoms with Crippen molar-refractivity contribution in [2.75, 3.05) is 18.4 Å². The van der Waals surface area contributed by atoms with E-state index in [9.17, 15) is 4.79 Å². The molecule has 9 heteroatoms. The van der Waals surface area contributed by atoms with Crippen LogP contribution in [0.15, 0.2) is 21.2 Å². The molecule has 2 aromatic rings. The maximum atomic E-state index is 12.0. The summed E-state index contributed by atoms with van der Waals surface area (Å²) in [5, 5.41) is 10.4. The molecule has 2 aromatic heterocycles. The second-order valence-electron chi connectivity index (χ2n) is 5.00. The third-order valence-electron chi connectivity index (χ3n) is 3.51. The summed E-state index contributed by atoms with van der Waals surface area (Å²) in [6.07, 6.45) is 2.03. The number of halogens is 2. The number of carbonyl (C=O) groups excluding carboxylic acids is 1. The molecule has 3 rings (SSSR count). The Bertz CT molecular complexity index is 651. The zero-order valence-corrected chi connectivity index (χ0v) is 14.4. The van der Waals surface area contributed by atoms with Gasteiger partial charge in [0.25, 0.3) is 5.91 Å². The van der Waals surface area contributed by atoms with Gasteiger partial charge in [0.1, 0.15) is 0 Å². The smallest absolute Gasteiger partial charge is 0.293 e. The maximum Gasteiger partial charge on any atom is 0.293 e. The molecule has 0 aromatic carbocycles. The lowest BCUT2D eigenvalue weighted by atomic mass is 9.98. The van der Waals surface area contributed by atoms with E-state index >= 15 is 0 Å². The molecule has 3 heterocycles. The van der Waals surface area contributed by atoms with Crippen LogP contribution in [0.4, 0.5) is 5.95 Å². The lowest BCUT2D eigenvalue weighted by Crippen LogP contribution is -2.27. The van der Waals surface area contributed by atoms with Crippen molar-refractivity contribution in [3.8, 4) is 0 Å². The summed E-state index contributed by atoms with van der Waals surface area (Å²) in [5.74, 6) is 1.46. The highest BCUT2D eigenvalue weighted by Crippen LogP contribution is 2.23. The number of carbonyl (C=O) groups is 1. The number of nitrogens with zero attached hydrogens (tertiary/aromatic N) is 3. The Morgan fingerprint density at radius 1 is 1.45 bits per heavy atom. The number of amides is 1. The van der Waals surface area contributed by atoms with E-state index in [1.807, 2.05) is 0 Å². The number of rotatable bonds is 3. The van der Waals surface area contributed by atoms with Crippen molar-refractivity contribution in [1.29, 1.82) is 0 Å². The number of piperidine rings is 1. The van der Waals surface area contributed by atoms with E-state index in [0.29, 0.717) is 16.5 Å². The van der Waals surface area contributed by atoms with Crippen molar-refractivity contribution in [1.82, 2.24) is 20.1 Å². The Morgan fingerprint density at radius 2 is 2.18 bits per heavy atom. The summed E-state index contributed by atoms with van der Waals surface area (Å²) in [6.45, 7) is 1.95. The van der Waals surface area contributed by atoms with Gasteiger partial charge in [-0.25, -0.2) is 4.68 Å². The maximum absolute atomic E-state index is 12.0. The van der Waals surface area contributed by atoms with Crippen molar-refractivity contribution in [2.24, 2.45) is 7.05 Å². The van der Waals surface area contributed by atoms with Crippen LogP contribution in [0.1, 0.15) is 35.1 Å².